The number of halogens is 1. The number of aromatic hydroxyl groups is 1. The largest absolute Gasteiger partial charge is 0.506 e. The molecule has 2 rings (SSSR count). The molecule has 0 unspecified atom stereocenters. The zero-order valence-corrected chi connectivity index (χ0v) is 10.5. The highest BCUT2D eigenvalue weighted by Crippen LogP contribution is 2.18. The van der Waals surface area contributed by atoms with E-state index in [0.29, 0.717) is 10.7 Å². The monoisotopic (exact) mass is 265 g/mol. The van der Waals surface area contributed by atoms with Crippen LogP contribution >= 0.6 is 11.6 Å². The first-order valence-electron chi connectivity index (χ1n) is 5.31. The molecule has 0 bridgehead atoms. The van der Waals surface area contributed by atoms with Gasteiger partial charge in [0.1, 0.15) is 11.4 Å². The van der Waals surface area contributed by atoms with Gasteiger partial charge in [-0.2, -0.15) is 9.78 Å². The number of rotatable bonds is 2. The van der Waals surface area contributed by atoms with Gasteiger partial charge in [0.05, 0.1) is 5.69 Å². The highest BCUT2D eigenvalue weighted by atomic mass is 35.5. The summed E-state index contributed by atoms with van der Waals surface area (Å²) in [6.45, 7) is 1.88. The third kappa shape index (κ3) is 2.23. The van der Waals surface area contributed by atoms with E-state index >= 15 is 0 Å². The number of hydrogen-bond donors (Lipinski definition) is 2. The van der Waals surface area contributed by atoms with Crippen molar-refractivity contribution in [1.82, 2.24) is 9.78 Å². The molecule has 6 heteroatoms. The van der Waals surface area contributed by atoms with Crippen LogP contribution in [0.4, 0.5) is 0 Å². The van der Waals surface area contributed by atoms with Gasteiger partial charge < -0.3 is 10.8 Å². The molecule has 0 spiro atoms. The second kappa shape index (κ2) is 4.80. The Labute approximate surface area is 108 Å². The number of benzene rings is 1. The lowest BCUT2D eigenvalue weighted by Gasteiger charge is -2.10. The number of hydrogen-bond acceptors (Lipinski definition) is 4. The van der Waals surface area contributed by atoms with Crippen LogP contribution in [0, 0.1) is 6.92 Å². The quantitative estimate of drug-likeness (QED) is 0.859. The second-order valence-electron chi connectivity index (χ2n) is 3.86. The molecule has 18 heavy (non-hydrogen) atoms. The molecular formula is C12H12ClN3O2. The van der Waals surface area contributed by atoms with Crippen molar-refractivity contribution in [2.75, 3.05) is 0 Å². The lowest BCUT2D eigenvalue weighted by atomic mass is 10.2. The normalized spacial score (nSPS) is 10.6. The molecule has 1 aromatic heterocycles. The van der Waals surface area contributed by atoms with Crippen molar-refractivity contribution in [1.29, 1.82) is 0 Å². The van der Waals surface area contributed by atoms with E-state index in [2.05, 4.69) is 5.10 Å². The molecule has 0 fully saturated rings. The Hall–Kier alpha value is -1.85. The second-order valence-corrected chi connectivity index (χ2v) is 4.30. The fourth-order valence-corrected chi connectivity index (χ4v) is 1.88. The van der Waals surface area contributed by atoms with E-state index < -0.39 is 5.56 Å². The maximum atomic E-state index is 11.8. The first-order valence-corrected chi connectivity index (χ1v) is 5.69. The maximum Gasteiger partial charge on any atom is 0.275 e. The van der Waals surface area contributed by atoms with Gasteiger partial charge >= 0.3 is 0 Å². The molecule has 1 heterocycles. The summed E-state index contributed by atoms with van der Waals surface area (Å²) in [7, 11) is 0. The Morgan fingerprint density at radius 2 is 2.17 bits per heavy atom. The first kappa shape index (κ1) is 12.6. The smallest absolute Gasteiger partial charge is 0.275 e. The first-order chi connectivity index (χ1) is 8.52. The van der Waals surface area contributed by atoms with Crippen molar-refractivity contribution in [3.63, 3.8) is 0 Å². The molecule has 0 saturated carbocycles. The van der Waals surface area contributed by atoms with Gasteiger partial charge in [-0.3, -0.25) is 4.79 Å². The van der Waals surface area contributed by atoms with Crippen LogP contribution in [0.15, 0.2) is 29.1 Å². The molecule has 0 saturated heterocycles. The van der Waals surface area contributed by atoms with Crippen LogP contribution in [0.1, 0.15) is 11.3 Å². The van der Waals surface area contributed by atoms with Crippen molar-refractivity contribution < 1.29 is 5.11 Å². The summed E-state index contributed by atoms with van der Waals surface area (Å²) in [6, 6.07) is 6.21. The van der Waals surface area contributed by atoms with Gasteiger partial charge in [-0.15, -0.1) is 0 Å². The summed E-state index contributed by atoms with van der Waals surface area (Å²) < 4.78 is 1.20. The Balaban J connectivity index is 2.67. The van der Waals surface area contributed by atoms with E-state index in [1.165, 1.54) is 4.68 Å². The van der Waals surface area contributed by atoms with Gasteiger partial charge in [0.2, 0.25) is 0 Å². The molecule has 94 valence electrons. The summed E-state index contributed by atoms with van der Waals surface area (Å²) in [4.78, 5) is 11.8. The summed E-state index contributed by atoms with van der Waals surface area (Å²) in [5.41, 5.74) is 6.72. The summed E-state index contributed by atoms with van der Waals surface area (Å²) in [5.74, 6) is -0.189. The van der Waals surface area contributed by atoms with Gasteiger partial charge in [-0.25, -0.2) is 0 Å². The van der Waals surface area contributed by atoms with Crippen molar-refractivity contribution in [3.8, 4) is 11.4 Å². The Morgan fingerprint density at radius 3 is 2.78 bits per heavy atom. The topological polar surface area (TPSA) is 81.1 Å². The Bertz CT molecular complexity index is 652. The van der Waals surface area contributed by atoms with Gasteiger partial charge in [0.15, 0.2) is 0 Å². The van der Waals surface area contributed by atoms with Crippen LogP contribution in [-0.2, 0) is 6.54 Å². The van der Waals surface area contributed by atoms with Gasteiger partial charge in [-0.1, -0.05) is 11.6 Å². The molecule has 0 atom stereocenters. The van der Waals surface area contributed by atoms with E-state index in [-0.39, 0.29) is 18.0 Å². The molecule has 0 aliphatic rings. The summed E-state index contributed by atoms with van der Waals surface area (Å²) >= 11 is 5.86. The van der Waals surface area contributed by atoms with E-state index in [9.17, 15) is 9.90 Å². The fraction of sp³-hybridized carbons (Fsp3) is 0.167. The average molecular weight is 266 g/mol. The fourth-order valence-electron chi connectivity index (χ4n) is 1.66. The molecule has 0 radical (unpaired) electrons. The number of nitrogens with two attached hydrogens (primary N) is 1. The highest BCUT2D eigenvalue weighted by Gasteiger charge is 2.10. The zero-order chi connectivity index (χ0) is 13.3. The summed E-state index contributed by atoms with van der Waals surface area (Å²) in [5, 5.41) is 14.1. The van der Waals surface area contributed by atoms with Crippen LogP contribution < -0.4 is 11.3 Å². The molecule has 0 aliphatic carbocycles. The Kier molecular flexibility index (Phi) is 3.36. The van der Waals surface area contributed by atoms with Crippen LogP contribution in [0.5, 0.6) is 5.75 Å². The predicted molar refractivity (Wildman–Crippen MR) is 69.1 cm³/mol. The molecule has 1 aromatic carbocycles. The van der Waals surface area contributed by atoms with E-state index in [1.807, 2.05) is 6.92 Å². The van der Waals surface area contributed by atoms with Crippen LogP contribution in [0.3, 0.4) is 0 Å². The number of aryl methyl sites for hydroxylation is 1. The van der Waals surface area contributed by atoms with Gasteiger partial charge in [0.25, 0.3) is 5.56 Å². The van der Waals surface area contributed by atoms with Crippen LogP contribution in [0.2, 0.25) is 5.02 Å². The minimum absolute atomic E-state index is 0.0543. The molecule has 2 aromatic rings. The predicted octanol–water partition coefficient (Wildman–Crippen LogP) is 1.36. The highest BCUT2D eigenvalue weighted by molar-refractivity contribution is 6.30. The maximum absolute atomic E-state index is 11.8. The number of aromatic nitrogens is 2. The average Bonchev–Trinajstić information content (AvgIpc) is 2.30. The minimum atomic E-state index is -0.421. The van der Waals surface area contributed by atoms with E-state index in [4.69, 9.17) is 17.3 Å². The molecular weight excluding hydrogens is 254 g/mol. The van der Waals surface area contributed by atoms with Gasteiger partial charge in [0, 0.05) is 17.6 Å². The van der Waals surface area contributed by atoms with Crippen molar-refractivity contribution in [3.05, 3.63) is 50.9 Å². The molecule has 5 nitrogen and oxygen atoms in total. The third-order valence-electron chi connectivity index (χ3n) is 2.57. The lowest BCUT2D eigenvalue weighted by Crippen LogP contribution is -2.23. The van der Waals surface area contributed by atoms with E-state index in [0.717, 1.165) is 11.6 Å². The van der Waals surface area contributed by atoms with Crippen molar-refractivity contribution >= 4 is 11.6 Å². The molecule has 3 N–H and O–H groups in total. The van der Waals surface area contributed by atoms with Gasteiger partial charge in [-0.05, 0) is 30.7 Å². The number of nitrogens with zero attached hydrogens (tertiary/aromatic N) is 2. The SMILES string of the molecule is Cc1cc(Cl)ccc1-n1nc(CN)c(O)cc1=O. The third-order valence-corrected chi connectivity index (χ3v) is 2.80. The summed E-state index contributed by atoms with van der Waals surface area (Å²) in [6.07, 6.45) is 0. The standard InChI is InChI=1S/C12H12ClN3O2/c1-7-4-8(13)2-3-10(7)16-12(18)5-11(17)9(6-14)15-16/h2-5,17H,6,14H2,1H3. The minimum Gasteiger partial charge on any atom is -0.506 e. The van der Waals surface area contributed by atoms with E-state index in [1.54, 1.807) is 18.2 Å². The molecule has 0 amide bonds. The lowest BCUT2D eigenvalue weighted by molar-refractivity contribution is 0.457. The Morgan fingerprint density at radius 1 is 1.44 bits per heavy atom. The van der Waals surface area contributed by atoms with Crippen LogP contribution in [-0.4, -0.2) is 14.9 Å². The van der Waals surface area contributed by atoms with Crippen LogP contribution in [0.25, 0.3) is 5.69 Å². The molecule has 0 aliphatic heterocycles. The zero-order valence-electron chi connectivity index (χ0n) is 9.72. The van der Waals surface area contributed by atoms with Crippen molar-refractivity contribution in [2.45, 2.75) is 13.5 Å². The van der Waals surface area contributed by atoms with Crippen molar-refractivity contribution in [2.24, 2.45) is 5.73 Å².